The number of rotatable bonds is 3. The van der Waals surface area contributed by atoms with Crippen molar-refractivity contribution in [1.82, 2.24) is 5.32 Å². The second-order valence-corrected chi connectivity index (χ2v) is 7.66. The number of amides is 1. The maximum absolute atomic E-state index is 12.2. The highest BCUT2D eigenvalue weighted by Gasteiger charge is 2.37. The highest BCUT2D eigenvalue weighted by atomic mass is 16.3. The fourth-order valence-electron chi connectivity index (χ4n) is 3.44. The number of aliphatic hydroxyl groups is 1. The van der Waals surface area contributed by atoms with E-state index in [9.17, 15) is 9.90 Å². The van der Waals surface area contributed by atoms with Gasteiger partial charge in [0.1, 0.15) is 0 Å². The molecule has 0 aliphatic heterocycles. The zero-order valence-corrected chi connectivity index (χ0v) is 13.0. The molecule has 0 saturated heterocycles. The molecule has 1 amide bonds. The molecular formula is C16H30N2O2. The lowest BCUT2D eigenvalue weighted by molar-refractivity contribution is -0.128. The number of nitrogens with one attached hydrogen (secondary N) is 1. The standard InChI is InChI=1S/C16H30N2O2/c1-15(2)7-9-16(20,10-8-15)11-18-14(19)12-5-3-4-6-13(12)17/h12-13,20H,3-11,17H2,1-2H3,(H,18,19). The molecule has 2 atom stereocenters. The fraction of sp³-hybridized carbons (Fsp3) is 0.938. The van der Waals surface area contributed by atoms with Gasteiger partial charge in [-0.15, -0.1) is 0 Å². The minimum Gasteiger partial charge on any atom is -0.388 e. The van der Waals surface area contributed by atoms with Crippen LogP contribution in [0.5, 0.6) is 0 Å². The lowest BCUT2D eigenvalue weighted by atomic mass is 9.71. The predicted molar refractivity (Wildman–Crippen MR) is 80.1 cm³/mol. The molecule has 0 heterocycles. The van der Waals surface area contributed by atoms with Crippen LogP contribution in [0.3, 0.4) is 0 Å². The van der Waals surface area contributed by atoms with Crippen LogP contribution < -0.4 is 11.1 Å². The van der Waals surface area contributed by atoms with Crippen molar-refractivity contribution in [2.24, 2.45) is 17.1 Å². The summed E-state index contributed by atoms with van der Waals surface area (Å²) in [6.07, 6.45) is 7.63. The topological polar surface area (TPSA) is 75.3 Å². The molecule has 2 aliphatic carbocycles. The lowest BCUT2D eigenvalue weighted by Gasteiger charge is -2.40. The van der Waals surface area contributed by atoms with Crippen molar-refractivity contribution in [2.75, 3.05) is 6.54 Å². The minimum absolute atomic E-state index is 0.0105. The van der Waals surface area contributed by atoms with Gasteiger partial charge in [-0.1, -0.05) is 26.7 Å². The summed E-state index contributed by atoms with van der Waals surface area (Å²) in [5.41, 5.74) is 5.64. The van der Waals surface area contributed by atoms with Crippen LogP contribution in [0.4, 0.5) is 0 Å². The Kier molecular flexibility index (Phi) is 4.75. The summed E-state index contributed by atoms with van der Waals surface area (Å²) in [5.74, 6) is -0.0251. The lowest BCUT2D eigenvalue weighted by Crippen LogP contribution is -2.50. The molecule has 4 N–H and O–H groups in total. The van der Waals surface area contributed by atoms with E-state index in [-0.39, 0.29) is 17.9 Å². The van der Waals surface area contributed by atoms with Gasteiger partial charge in [0.25, 0.3) is 0 Å². The first-order chi connectivity index (χ1) is 9.31. The van der Waals surface area contributed by atoms with E-state index >= 15 is 0 Å². The largest absolute Gasteiger partial charge is 0.388 e. The van der Waals surface area contributed by atoms with Crippen LogP contribution in [0, 0.1) is 11.3 Å². The molecule has 20 heavy (non-hydrogen) atoms. The molecule has 2 aliphatic rings. The molecule has 0 aromatic heterocycles. The molecule has 2 fully saturated rings. The Labute approximate surface area is 122 Å². The first-order valence-electron chi connectivity index (χ1n) is 8.07. The Hall–Kier alpha value is -0.610. The highest BCUT2D eigenvalue weighted by molar-refractivity contribution is 5.79. The maximum Gasteiger partial charge on any atom is 0.224 e. The predicted octanol–water partition coefficient (Wildman–Crippen LogP) is 1.95. The van der Waals surface area contributed by atoms with Gasteiger partial charge in [-0.05, 0) is 43.9 Å². The van der Waals surface area contributed by atoms with Crippen molar-refractivity contribution < 1.29 is 9.90 Å². The smallest absolute Gasteiger partial charge is 0.224 e. The maximum atomic E-state index is 12.2. The van der Waals surface area contributed by atoms with Crippen LogP contribution in [0.2, 0.25) is 0 Å². The second-order valence-electron chi connectivity index (χ2n) is 7.66. The average Bonchev–Trinajstić information content (AvgIpc) is 2.41. The Balaban J connectivity index is 1.81. The number of carbonyl (C=O) groups is 1. The zero-order chi connectivity index (χ0) is 14.8. The molecule has 0 bridgehead atoms. The first kappa shape index (κ1) is 15.8. The second kappa shape index (κ2) is 6.02. The molecule has 2 saturated carbocycles. The van der Waals surface area contributed by atoms with Crippen LogP contribution in [-0.4, -0.2) is 29.2 Å². The van der Waals surface area contributed by atoms with Crippen molar-refractivity contribution in [3.63, 3.8) is 0 Å². The van der Waals surface area contributed by atoms with E-state index in [1.807, 2.05) is 0 Å². The molecule has 4 heteroatoms. The summed E-state index contributed by atoms with van der Waals surface area (Å²) in [6, 6.07) is -0.0105. The SMILES string of the molecule is CC1(C)CCC(O)(CNC(=O)C2CCCCC2N)CC1. The van der Waals surface area contributed by atoms with Crippen molar-refractivity contribution in [2.45, 2.75) is 76.9 Å². The third-order valence-electron chi connectivity index (χ3n) is 5.28. The van der Waals surface area contributed by atoms with E-state index < -0.39 is 5.60 Å². The van der Waals surface area contributed by atoms with Crippen LogP contribution >= 0.6 is 0 Å². The van der Waals surface area contributed by atoms with Crippen LogP contribution in [0.15, 0.2) is 0 Å². The molecule has 0 aromatic rings. The summed E-state index contributed by atoms with van der Waals surface area (Å²) in [7, 11) is 0. The zero-order valence-electron chi connectivity index (χ0n) is 13.0. The summed E-state index contributed by atoms with van der Waals surface area (Å²) in [5, 5.41) is 13.5. The quantitative estimate of drug-likeness (QED) is 0.740. The van der Waals surface area contributed by atoms with Gasteiger partial charge in [-0.2, -0.15) is 0 Å². The van der Waals surface area contributed by atoms with Gasteiger partial charge in [0.15, 0.2) is 0 Å². The molecule has 4 nitrogen and oxygen atoms in total. The van der Waals surface area contributed by atoms with Crippen LogP contribution in [0.25, 0.3) is 0 Å². The summed E-state index contributed by atoms with van der Waals surface area (Å²) >= 11 is 0. The molecule has 2 rings (SSSR count). The van der Waals surface area contributed by atoms with Gasteiger partial charge < -0.3 is 16.2 Å². The highest BCUT2D eigenvalue weighted by Crippen LogP contribution is 2.39. The van der Waals surface area contributed by atoms with Gasteiger partial charge in [0, 0.05) is 12.6 Å². The summed E-state index contributed by atoms with van der Waals surface area (Å²) < 4.78 is 0. The normalized spacial score (nSPS) is 32.6. The number of carbonyl (C=O) groups excluding carboxylic acids is 1. The Bertz CT molecular complexity index is 344. The Morgan fingerprint density at radius 3 is 2.40 bits per heavy atom. The third kappa shape index (κ3) is 3.95. The van der Waals surface area contributed by atoms with E-state index in [0.29, 0.717) is 12.0 Å². The van der Waals surface area contributed by atoms with Crippen molar-refractivity contribution in [3.05, 3.63) is 0 Å². The Morgan fingerprint density at radius 1 is 1.20 bits per heavy atom. The molecule has 0 aromatic carbocycles. The van der Waals surface area contributed by atoms with Gasteiger partial charge in [0.05, 0.1) is 11.5 Å². The van der Waals surface area contributed by atoms with E-state index in [1.54, 1.807) is 0 Å². The van der Waals surface area contributed by atoms with Crippen LogP contribution in [-0.2, 0) is 4.79 Å². The monoisotopic (exact) mass is 282 g/mol. The van der Waals surface area contributed by atoms with Crippen molar-refractivity contribution >= 4 is 5.91 Å². The average molecular weight is 282 g/mol. The van der Waals surface area contributed by atoms with Gasteiger partial charge >= 0.3 is 0 Å². The van der Waals surface area contributed by atoms with Gasteiger partial charge in [-0.25, -0.2) is 0 Å². The molecule has 0 radical (unpaired) electrons. The third-order valence-corrected chi connectivity index (χ3v) is 5.28. The van der Waals surface area contributed by atoms with E-state index in [0.717, 1.165) is 51.4 Å². The number of hydrogen-bond acceptors (Lipinski definition) is 3. The minimum atomic E-state index is -0.718. The molecular weight excluding hydrogens is 252 g/mol. The molecule has 2 unspecified atom stereocenters. The van der Waals surface area contributed by atoms with E-state index in [4.69, 9.17) is 5.73 Å². The Morgan fingerprint density at radius 2 is 1.80 bits per heavy atom. The first-order valence-corrected chi connectivity index (χ1v) is 8.07. The van der Waals surface area contributed by atoms with Gasteiger partial charge in [0.2, 0.25) is 5.91 Å². The molecule has 116 valence electrons. The number of hydrogen-bond donors (Lipinski definition) is 3. The fourth-order valence-corrected chi connectivity index (χ4v) is 3.44. The van der Waals surface area contributed by atoms with Crippen LogP contribution in [0.1, 0.15) is 65.2 Å². The molecule has 0 spiro atoms. The van der Waals surface area contributed by atoms with E-state index in [1.165, 1.54) is 0 Å². The van der Waals surface area contributed by atoms with E-state index in [2.05, 4.69) is 19.2 Å². The number of nitrogens with two attached hydrogens (primary N) is 1. The summed E-state index contributed by atoms with van der Waals surface area (Å²) in [6.45, 7) is 4.86. The van der Waals surface area contributed by atoms with Gasteiger partial charge in [-0.3, -0.25) is 4.79 Å². The van der Waals surface area contributed by atoms with Crippen molar-refractivity contribution in [3.8, 4) is 0 Å². The van der Waals surface area contributed by atoms with Crippen molar-refractivity contribution in [1.29, 1.82) is 0 Å². The summed E-state index contributed by atoms with van der Waals surface area (Å²) in [4.78, 5) is 12.2.